The average molecular weight is 352 g/mol. The zero-order valence-corrected chi connectivity index (χ0v) is 14.6. The lowest BCUT2D eigenvalue weighted by atomic mass is 9.96. The standard InChI is InChI=1S/C17H20N8O/c1-13-6-19-11-24(17(13)26)9-14-2-4-23(5-3-14)15-7-18-8-16(22-15)25-12-20-10-21-25/h6-8,10-12,14H,2-5,9H2,1H3. The van der Waals surface area contributed by atoms with Gasteiger partial charge in [0, 0.05) is 31.4 Å². The molecule has 0 aromatic carbocycles. The Morgan fingerprint density at radius 3 is 2.62 bits per heavy atom. The van der Waals surface area contributed by atoms with Crippen LogP contribution in [0.25, 0.3) is 5.82 Å². The van der Waals surface area contributed by atoms with Gasteiger partial charge in [0.15, 0.2) is 5.82 Å². The average Bonchev–Trinajstić information content (AvgIpc) is 3.21. The van der Waals surface area contributed by atoms with E-state index in [1.807, 2.05) is 0 Å². The highest BCUT2D eigenvalue weighted by Gasteiger charge is 2.21. The zero-order valence-electron chi connectivity index (χ0n) is 14.6. The molecule has 0 bridgehead atoms. The van der Waals surface area contributed by atoms with Crippen LogP contribution in [0.2, 0.25) is 0 Å². The summed E-state index contributed by atoms with van der Waals surface area (Å²) in [5.41, 5.74) is 0.735. The molecule has 0 saturated carbocycles. The van der Waals surface area contributed by atoms with Crippen molar-refractivity contribution in [3.63, 3.8) is 0 Å². The van der Waals surface area contributed by atoms with E-state index in [4.69, 9.17) is 0 Å². The van der Waals surface area contributed by atoms with Gasteiger partial charge in [-0.15, -0.1) is 0 Å². The van der Waals surface area contributed by atoms with E-state index in [1.54, 1.807) is 47.4 Å². The van der Waals surface area contributed by atoms with Crippen LogP contribution >= 0.6 is 0 Å². The van der Waals surface area contributed by atoms with Gasteiger partial charge in [-0.3, -0.25) is 14.3 Å². The Bertz CT molecular complexity index is 928. The van der Waals surface area contributed by atoms with Gasteiger partial charge in [-0.1, -0.05) is 0 Å². The Balaban J connectivity index is 1.42. The van der Waals surface area contributed by atoms with Crippen LogP contribution in [0.15, 0.2) is 42.4 Å². The van der Waals surface area contributed by atoms with E-state index in [0.29, 0.717) is 23.8 Å². The van der Waals surface area contributed by atoms with E-state index in [2.05, 4.69) is 29.9 Å². The molecule has 0 aliphatic carbocycles. The number of nitrogens with zero attached hydrogens (tertiary/aromatic N) is 8. The maximum Gasteiger partial charge on any atom is 0.256 e. The third-order valence-electron chi connectivity index (χ3n) is 4.73. The first-order valence-electron chi connectivity index (χ1n) is 8.64. The highest BCUT2D eigenvalue weighted by Crippen LogP contribution is 2.22. The summed E-state index contributed by atoms with van der Waals surface area (Å²) in [5, 5.41) is 4.09. The topological polar surface area (TPSA) is 94.6 Å². The monoisotopic (exact) mass is 352 g/mol. The van der Waals surface area contributed by atoms with Gasteiger partial charge in [0.1, 0.15) is 18.5 Å². The molecule has 4 rings (SSSR count). The van der Waals surface area contributed by atoms with Crippen molar-refractivity contribution in [2.24, 2.45) is 5.92 Å². The van der Waals surface area contributed by atoms with Crippen LogP contribution in [-0.2, 0) is 6.54 Å². The summed E-state index contributed by atoms with van der Waals surface area (Å²) in [6.45, 7) is 4.28. The molecule has 3 aromatic rings. The second kappa shape index (κ2) is 7.03. The molecule has 1 aliphatic rings. The van der Waals surface area contributed by atoms with Gasteiger partial charge < -0.3 is 4.90 Å². The van der Waals surface area contributed by atoms with Gasteiger partial charge in [-0.2, -0.15) is 5.10 Å². The summed E-state index contributed by atoms with van der Waals surface area (Å²) in [7, 11) is 0. The Morgan fingerprint density at radius 2 is 1.85 bits per heavy atom. The van der Waals surface area contributed by atoms with Crippen molar-refractivity contribution in [1.82, 2.24) is 34.3 Å². The molecule has 4 heterocycles. The molecule has 0 radical (unpaired) electrons. The second-order valence-corrected chi connectivity index (χ2v) is 6.54. The Labute approximate surface area is 150 Å². The Kier molecular flexibility index (Phi) is 4.42. The van der Waals surface area contributed by atoms with Crippen LogP contribution in [-0.4, -0.2) is 47.4 Å². The predicted molar refractivity (Wildman–Crippen MR) is 95.1 cm³/mol. The minimum absolute atomic E-state index is 0.0498. The number of piperidine rings is 1. The Hall–Kier alpha value is -3.10. The fourth-order valence-electron chi connectivity index (χ4n) is 3.25. The molecule has 0 amide bonds. The van der Waals surface area contributed by atoms with Gasteiger partial charge in [-0.05, 0) is 25.7 Å². The number of anilines is 1. The zero-order chi connectivity index (χ0) is 17.9. The summed E-state index contributed by atoms with van der Waals surface area (Å²) in [6, 6.07) is 0. The first kappa shape index (κ1) is 16.4. The van der Waals surface area contributed by atoms with Crippen LogP contribution in [0.4, 0.5) is 5.82 Å². The number of hydrogen-bond acceptors (Lipinski definition) is 7. The fourth-order valence-corrected chi connectivity index (χ4v) is 3.25. The SMILES string of the molecule is Cc1cncn(CC2CCN(c3cncc(-n4cncn4)n3)CC2)c1=O. The molecule has 1 fully saturated rings. The van der Waals surface area contributed by atoms with E-state index in [1.165, 1.54) is 6.33 Å². The van der Waals surface area contributed by atoms with E-state index < -0.39 is 0 Å². The largest absolute Gasteiger partial charge is 0.355 e. The molecule has 0 atom stereocenters. The van der Waals surface area contributed by atoms with E-state index in [0.717, 1.165) is 31.7 Å². The summed E-state index contributed by atoms with van der Waals surface area (Å²) in [5.74, 6) is 1.95. The molecule has 134 valence electrons. The fraction of sp³-hybridized carbons (Fsp3) is 0.412. The van der Waals surface area contributed by atoms with E-state index in [9.17, 15) is 4.79 Å². The van der Waals surface area contributed by atoms with Crippen LogP contribution in [0, 0.1) is 12.8 Å². The number of aromatic nitrogens is 7. The van der Waals surface area contributed by atoms with Crippen molar-refractivity contribution in [2.45, 2.75) is 26.3 Å². The van der Waals surface area contributed by atoms with Crippen molar-refractivity contribution < 1.29 is 0 Å². The normalized spacial score (nSPS) is 15.3. The number of aryl methyl sites for hydroxylation is 1. The summed E-state index contributed by atoms with van der Waals surface area (Å²) >= 11 is 0. The third kappa shape index (κ3) is 3.32. The van der Waals surface area contributed by atoms with Crippen LogP contribution in [0.5, 0.6) is 0 Å². The number of rotatable bonds is 4. The molecule has 1 aliphatic heterocycles. The lowest BCUT2D eigenvalue weighted by Crippen LogP contribution is -2.37. The molecule has 26 heavy (non-hydrogen) atoms. The molecule has 3 aromatic heterocycles. The molecule has 0 unspecified atom stereocenters. The van der Waals surface area contributed by atoms with Crippen molar-refractivity contribution >= 4 is 5.82 Å². The van der Waals surface area contributed by atoms with E-state index >= 15 is 0 Å². The highest BCUT2D eigenvalue weighted by atomic mass is 16.1. The van der Waals surface area contributed by atoms with Crippen molar-refractivity contribution in [3.05, 3.63) is 53.5 Å². The van der Waals surface area contributed by atoms with Crippen LogP contribution in [0.3, 0.4) is 0 Å². The molecule has 9 nitrogen and oxygen atoms in total. The molecular weight excluding hydrogens is 332 g/mol. The van der Waals surface area contributed by atoms with Gasteiger partial charge in [0.2, 0.25) is 0 Å². The number of hydrogen-bond donors (Lipinski definition) is 0. The lowest BCUT2D eigenvalue weighted by molar-refractivity contribution is 0.349. The molecule has 0 spiro atoms. The minimum atomic E-state index is 0.0498. The quantitative estimate of drug-likeness (QED) is 0.686. The van der Waals surface area contributed by atoms with Crippen LogP contribution < -0.4 is 10.5 Å². The Morgan fingerprint density at radius 1 is 1.04 bits per heavy atom. The smallest absolute Gasteiger partial charge is 0.256 e. The van der Waals surface area contributed by atoms with Gasteiger partial charge in [0.05, 0.1) is 18.7 Å². The first-order chi connectivity index (χ1) is 12.7. The van der Waals surface area contributed by atoms with Crippen LogP contribution in [0.1, 0.15) is 18.4 Å². The summed E-state index contributed by atoms with van der Waals surface area (Å²) in [4.78, 5) is 31.4. The lowest BCUT2D eigenvalue weighted by Gasteiger charge is -2.32. The van der Waals surface area contributed by atoms with Gasteiger partial charge in [-0.25, -0.2) is 19.6 Å². The van der Waals surface area contributed by atoms with Gasteiger partial charge >= 0.3 is 0 Å². The summed E-state index contributed by atoms with van der Waals surface area (Å²) in [6.07, 6.45) is 11.8. The minimum Gasteiger partial charge on any atom is -0.355 e. The molecule has 1 saturated heterocycles. The maximum absolute atomic E-state index is 12.2. The predicted octanol–water partition coefficient (Wildman–Crippen LogP) is 0.839. The van der Waals surface area contributed by atoms with Crippen molar-refractivity contribution in [1.29, 1.82) is 0 Å². The third-order valence-corrected chi connectivity index (χ3v) is 4.73. The summed E-state index contributed by atoms with van der Waals surface area (Å²) < 4.78 is 3.32. The highest BCUT2D eigenvalue weighted by molar-refractivity contribution is 5.39. The van der Waals surface area contributed by atoms with Crippen molar-refractivity contribution in [2.75, 3.05) is 18.0 Å². The molecular formula is C17H20N8O. The maximum atomic E-state index is 12.2. The van der Waals surface area contributed by atoms with Crippen molar-refractivity contribution in [3.8, 4) is 5.82 Å². The second-order valence-electron chi connectivity index (χ2n) is 6.54. The first-order valence-corrected chi connectivity index (χ1v) is 8.64. The van der Waals surface area contributed by atoms with Gasteiger partial charge in [0.25, 0.3) is 5.56 Å². The van der Waals surface area contributed by atoms with E-state index in [-0.39, 0.29) is 5.56 Å². The molecule has 0 N–H and O–H groups in total. The molecule has 9 heteroatoms.